The fourth-order valence-electron chi connectivity index (χ4n) is 3.61. The Bertz CT molecular complexity index is 875. The first-order valence-corrected chi connectivity index (χ1v) is 12.1. The van der Waals surface area contributed by atoms with Gasteiger partial charge in [-0.05, 0) is 55.0 Å². The van der Waals surface area contributed by atoms with Crippen molar-refractivity contribution in [2.24, 2.45) is 5.92 Å². The van der Waals surface area contributed by atoms with Crippen LogP contribution < -0.4 is 15.6 Å². The Morgan fingerprint density at radius 3 is 2.44 bits per heavy atom. The Kier molecular flexibility index (Phi) is 9.10. The van der Waals surface area contributed by atoms with Gasteiger partial charge in [0.25, 0.3) is 11.8 Å². The van der Waals surface area contributed by atoms with Crippen LogP contribution in [0.3, 0.4) is 0 Å². The summed E-state index contributed by atoms with van der Waals surface area (Å²) >= 11 is 1.42. The molecule has 7 nitrogen and oxygen atoms in total. The minimum absolute atomic E-state index is 0.0144. The average molecular weight is 458 g/mol. The van der Waals surface area contributed by atoms with Gasteiger partial charge in [0, 0.05) is 24.6 Å². The van der Waals surface area contributed by atoms with Crippen LogP contribution in [0.15, 0.2) is 41.8 Å². The molecule has 0 saturated carbocycles. The molecule has 0 spiro atoms. The molecule has 2 heterocycles. The van der Waals surface area contributed by atoms with Gasteiger partial charge < -0.3 is 9.64 Å². The zero-order valence-electron chi connectivity index (χ0n) is 18.5. The van der Waals surface area contributed by atoms with Crippen LogP contribution in [0.4, 0.5) is 0 Å². The van der Waals surface area contributed by atoms with E-state index in [0.29, 0.717) is 43.0 Å². The smallest absolute Gasteiger partial charge is 0.269 e. The molecule has 8 heteroatoms. The number of thiophene rings is 1. The molecular formula is C24H31N3O4S. The van der Waals surface area contributed by atoms with Crippen LogP contribution in [0.1, 0.15) is 65.5 Å². The zero-order valence-corrected chi connectivity index (χ0v) is 19.3. The lowest BCUT2D eigenvalue weighted by molar-refractivity contribution is -0.127. The molecule has 1 aliphatic rings. The van der Waals surface area contributed by atoms with E-state index >= 15 is 0 Å². The number of unbranched alkanes of at least 4 members (excludes halogenated alkanes) is 3. The van der Waals surface area contributed by atoms with Crippen LogP contribution in [0, 0.1) is 5.92 Å². The fraction of sp³-hybridized carbons (Fsp3) is 0.458. The molecule has 2 aromatic rings. The molecule has 0 atom stereocenters. The SMILES string of the molecule is CCCCCCOc1ccc(C(=O)NNC(=O)C2CCN(C(=O)c3cccs3)CC2)cc1. The monoisotopic (exact) mass is 457 g/mol. The van der Waals surface area contributed by atoms with Crippen molar-refractivity contribution >= 4 is 29.1 Å². The van der Waals surface area contributed by atoms with Crippen LogP contribution >= 0.6 is 11.3 Å². The molecule has 0 aliphatic carbocycles. The molecule has 2 N–H and O–H groups in total. The first-order valence-electron chi connectivity index (χ1n) is 11.2. The third-order valence-corrected chi connectivity index (χ3v) is 6.43. The van der Waals surface area contributed by atoms with Gasteiger partial charge in [0.1, 0.15) is 5.75 Å². The van der Waals surface area contributed by atoms with Crippen molar-refractivity contribution in [1.29, 1.82) is 0 Å². The average Bonchev–Trinajstić information content (AvgIpc) is 3.37. The molecule has 0 bridgehead atoms. The molecule has 1 aromatic carbocycles. The molecule has 1 saturated heterocycles. The number of carbonyl (C=O) groups is 3. The maximum Gasteiger partial charge on any atom is 0.269 e. The maximum atomic E-state index is 12.4. The van der Waals surface area contributed by atoms with Gasteiger partial charge in [-0.1, -0.05) is 32.3 Å². The highest BCUT2D eigenvalue weighted by Crippen LogP contribution is 2.21. The van der Waals surface area contributed by atoms with Crippen LogP contribution in [-0.4, -0.2) is 42.3 Å². The fourth-order valence-corrected chi connectivity index (χ4v) is 4.31. The van der Waals surface area contributed by atoms with Crippen LogP contribution in [0.2, 0.25) is 0 Å². The number of likely N-dealkylation sites (tertiary alicyclic amines) is 1. The minimum Gasteiger partial charge on any atom is -0.494 e. The number of hydrazine groups is 1. The largest absolute Gasteiger partial charge is 0.494 e. The predicted molar refractivity (Wildman–Crippen MR) is 125 cm³/mol. The van der Waals surface area contributed by atoms with E-state index in [1.807, 2.05) is 17.5 Å². The maximum absolute atomic E-state index is 12.4. The lowest BCUT2D eigenvalue weighted by Gasteiger charge is -2.31. The lowest BCUT2D eigenvalue weighted by atomic mass is 9.96. The Hall–Kier alpha value is -2.87. The summed E-state index contributed by atoms with van der Waals surface area (Å²) in [5, 5.41) is 1.88. The summed E-state index contributed by atoms with van der Waals surface area (Å²) in [4.78, 5) is 39.7. The summed E-state index contributed by atoms with van der Waals surface area (Å²) in [5.74, 6) is -0.0931. The third-order valence-electron chi connectivity index (χ3n) is 5.57. The minimum atomic E-state index is -0.377. The molecule has 1 fully saturated rings. The van der Waals surface area contributed by atoms with Crippen molar-refractivity contribution in [3.8, 4) is 5.75 Å². The third kappa shape index (κ3) is 6.82. The molecule has 3 amide bonds. The normalized spacial score (nSPS) is 14.1. The highest BCUT2D eigenvalue weighted by Gasteiger charge is 2.28. The first-order chi connectivity index (χ1) is 15.6. The number of nitrogens with one attached hydrogen (secondary N) is 2. The Morgan fingerprint density at radius 2 is 1.78 bits per heavy atom. The summed E-state index contributed by atoms with van der Waals surface area (Å²) < 4.78 is 5.69. The van der Waals surface area contributed by atoms with Crippen molar-refractivity contribution in [3.63, 3.8) is 0 Å². The number of rotatable bonds is 9. The van der Waals surface area contributed by atoms with Gasteiger partial charge in [0.2, 0.25) is 5.91 Å². The van der Waals surface area contributed by atoms with E-state index < -0.39 is 0 Å². The zero-order chi connectivity index (χ0) is 22.8. The lowest BCUT2D eigenvalue weighted by Crippen LogP contribution is -2.48. The number of piperidine rings is 1. The van der Waals surface area contributed by atoms with Crippen molar-refractivity contribution in [3.05, 3.63) is 52.2 Å². The number of hydrogen-bond donors (Lipinski definition) is 2. The molecule has 1 aromatic heterocycles. The second-order valence-corrected chi connectivity index (χ2v) is 8.87. The van der Waals surface area contributed by atoms with E-state index in [0.717, 1.165) is 18.6 Å². The molecule has 172 valence electrons. The van der Waals surface area contributed by atoms with E-state index in [4.69, 9.17) is 4.74 Å². The summed E-state index contributed by atoms with van der Waals surface area (Å²) in [7, 11) is 0. The standard InChI is InChI=1S/C24H31N3O4S/c1-2-3-4-5-16-31-20-10-8-18(9-11-20)22(28)25-26-23(29)19-12-14-27(15-13-19)24(30)21-7-6-17-32-21/h6-11,17,19H,2-5,12-16H2,1H3,(H,25,28)(H,26,29). The molecule has 1 aliphatic heterocycles. The van der Waals surface area contributed by atoms with Gasteiger partial charge in [0.05, 0.1) is 11.5 Å². The number of nitrogens with zero attached hydrogens (tertiary/aromatic N) is 1. The van der Waals surface area contributed by atoms with Crippen LogP contribution in [0.5, 0.6) is 5.75 Å². The molecule has 0 unspecified atom stereocenters. The Morgan fingerprint density at radius 1 is 1.03 bits per heavy atom. The number of ether oxygens (including phenoxy) is 1. The van der Waals surface area contributed by atoms with Crippen molar-refractivity contribution < 1.29 is 19.1 Å². The molecule has 32 heavy (non-hydrogen) atoms. The van der Waals surface area contributed by atoms with Gasteiger partial charge in [0.15, 0.2) is 0 Å². The van der Waals surface area contributed by atoms with E-state index in [1.165, 1.54) is 24.2 Å². The summed E-state index contributed by atoms with van der Waals surface area (Å²) in [6, 6.07) is 10.5. The number of hydrogen-bond acceptors (Lipinski definition) is 5. The van der Waals surface area contributed by atoms with Gasteiger partial charge in [-0.15, -0.1) is 11.3 Å². The summed E-state index contributed by atoms with van der Waals surface area (Å²) in [5.41, 5.74) is 5.44. The topological polar surface area (TPSA) is 87.7 Å². The second kappa shape index (κ2) is 12.2. The Balaban J connectivity index is 1.37. The number of amides is 3. The summed E-state index contributed by atoms with van der Waals surface area (Å²) in [6.45, 7) is 3.90. The first kappa shape index (κ1) is 23.8. The summed E-state index contributed by atoms with van der Waals surface area (Å²) in [6.07, 6.45) is 5.71. The highest BCUT2D eigenvalue weighted by atomic mass is 32.1. The number of carbonyl (C=O) groups excluding carboxylic acids is 3. The van der Waals surface area contributed by atoms with E-state index in [1.54, 1.807) is 29.2 Å². The van der Waals surface area contributed by atoms with Crippen LogP contribution in [-0.2, 0) is 4.79 Å². The number of benzene rings is 1. The molecule has 0 radical (unpaired) electrons. The Labute approximate surface area is 193 Å². The quantitative estimate of drug-likeness (QED) is 0.440. The molecular weight excluding hydrogens is 426 g/mol. The van der Waals surface area contributed by atoms with Crippen molar-refractivity contribution in [2.75, 3.05) is 19.7 Å². The van der Waals surface area contributed by atoms with E-state index in [9.17, 15) is 14.4 Å². The van der Waals surface area contributed by atoms with Gasteiger partial charge in [-0.3, -0.25) is 25.2 Å². The second-order valence-electron chi connectivity index (χ2n) is 7.92. The van der Waals surface area contributed by atoms with Gasteiger partial charge in [-0.2, -0.15) is 0 Å². The van der Waals surface area contributed by atoms with Gasteiger partial charge >= 0.3 is 0 Å². The van der Waals surface area contributed by atoms with E-state index in [-0.39, 0.29) is 23.6 Å². The van der Waals surface area contributed by atoms with E-state index in [2.05, 4.69) is 17.8 Å². The predicted octanol–water partition coefficient (Wildman–Crippen LogP) is 4.02. The van der Waals surface area contributed by atoms with Gasteiger partial charge in [-0.25, -0.2) is 0 Å². The highest BCUT2D eigenvalue weighted by molar-refractivity contribution is 7.12. The van der Waals surface area contributed by atoms with Crippen molar-refractivity contribution in [2.45, 2.75) is 45.4 Å². The molecule has 3 rings (SSSR count). The van der Waals surface area contributed by atoms with Crippen LogP contribution in [0.25, 0.3) is 0 Å². The van der Waals surface area contributed by atoms with Crippen molar-refractivity contribution in [1.82, 2.24) is 15.8 Å².